The van der Waals surface area contributed by atoms with Gasteiger partial charge in [-0.05, 0) is 25.0 Å². The van der Waals surface area contributed by atoms with E-state index in [9.17, 15) is 9.90 Å². The highest BCUT2D eigenvalue weighted by Gasteiger charge is 2.22. The van der Waals surface area contributed by atoms with E-state index in [0.29, 0.717) is 19.3 Å². The molecule has 0 atom stereocenters. The third-order valence-electron chi connectivity index (χ3n) is 4.34. The van der Waals surface area contributed by atoms with Crippen molar-refractivity contribution in [3.63, 3.8) is 0 Å². The fourth-order valence-corrected chi connectivity index (χ4v) is 4.24. The van der Waals surface area contributed by atoms with Crippen molar-refractivity contribution in [3.8, 4) is 0 Å². The van der Waals surface area contributed by atoms with Gasteiger partial charge in [0.1, 0.15) is 0 Å². The van der Waals surface area contributed by atoms with Gasteiger partial charge in [-0.15, -0.1) is 0 Å². The second kappa shape index (κ2) is 6.73. The van der Waals surface area contributed by atoms with Crippen LogP contribution in [0.2, 0.25) is 0 Å². The van der Waals surface area contributed by atoms with Gasteiger partial charge < -0.3 is 5.11 Å². The van der Waals surface area contributed by atoms with Gasteiger partial charge in [0.25, 0.3) is 5.56 Å². The van der Waals surface area contributed by atoms with Crippen LogP contribution in [0.4, 0.5) is 0 Å². The number of aromatic nitrogens is 1. The molecule has 1 aliphatic rings. The SMILES string of the molecule is O=c1c2ccccc2sn1CN(CCO)C1CCCCC1. The van der Waals surface area contributed by atoms with Crippen LogP contribution in [-0.4, -0.2) is 33.2 Å². The highest BCUT2D eigenvalue weighted by Crippen LogP contribution is 2.24. The van der Waals surface area contributed by atoms with Crippen molar-refractivity contribution in [1.82, 2.24) is 8.86 Å². The Bertz CT molecular complexity index is 643. The summed E-state index contributed by atoms with van der Waals surface area (Å²) in [6.07, 6.45) is 6.19. The van der Waals surface area contributed by atoms with Crippen molar-refractivity contribution in [2.24, 2.45) is 0 Å². The van der Waals surface area contributed by atoms with E-state index >= 15 is 0 Å². The van der Waals surface area contributed by atoms with Gasteiger partial charge >= 0.3 is 0 Å². The molecule has 0 radical (unpaired) electrons. The Morgan fingerprint density at radius 2 is 2.00 bits per heavy atom. The van der Waals surface area contributed by atoms with E-state index in [1.54, 1.807) is 0 Å². The lowest BCUT2D eigenvalue weighted by Gasteiger charge is -2.33. The number of rotatable bonds is 5. The molecule has 0 unspecified atom stereocenters. The maximum absolute atomic E-state index is 12.4. The molecular weight excluding hydrogens is 284 g/mol. The van der Waals surface area contributed by atoms with Crippen molar-refractivity contribution in [2.75, 3.05) is 13.2 Å². The monoisotopic (exact) mass is 306 g/mol. The fourth-order valence-electron chi connectivity index (χ4n) is 3.22. The Morgan fingerprint density at radius 1 is 1.24 bits per heavy atom. The maximum Gasteiger partial charge on any atom is 0.269 e. The molecule has 1 aromatic heterocycles. The molecule has 1 aromatic carbocycles. The summed E-state index contributed by atoms with van der Waals surface area (Å²) in [7, 11) is 0. The van der Waals surface area contributed by atoms with Gasteiger partial charge in [0, 0.05) is 12.6 Å². The minimum Gasteiger partial charge on any atom is -0.395 e. The van der Waals surface area contributed by atoms with Gasteiger partial charge in [0.15, 0.2) is 0 Å². The van der Waals surface area contributed by atoms with Crippen LogP contribution in [0.15, 0.2) is 29.1 Å². The number of nitrogens with zero attached hydrogens (tertiary/aromatic N) is 2. The van der Waals surface area contributed by atoms with Crippen LogP contribution >= 0.6 is 11.5 Å². The first kappa shape index (κ1) is 14.8. The summed E-state index contributed by atoms with van der Waals surface area (Å²) in [5, 5.41) is 10.1. The standard InChI is InChI=1S/C16H22N2O2S/c19-11-10-17(13-6-2-1-3-7-13)12-18-16(20)14-8-4-5-9-15(14)21-18/h4-5,8-9,13,19H,1-3,6-7,10-12H2. The molecule has 0 bridgehead atoms. The maximum atomic E-state index is 12.4. The zero-order valence-electron chi connectivity index (χ0n) is 12.2. The minimum absolute atomic E-state index is 0.0920. The zero-order chi connectivity index (χ0) is 14.7. The lowest BCUT2D eigenvalue weighted by atomic mass is 9.94. The van der Waals surface area contributed by atoms with E-state index in [-0.39, 0.29) is 12.2 Å². The van der Waals surface area contributed by atoms with E-state index in [1.807, 2.05) is 28.2 Å². The van der Waals surface area contributed by atoms with Crippen molar-refractivity contribution < 1.29 is 5.11 Å². The molecule has 4 nitrogen and oxygen atoms in total. The first-order valence-electron chi connectivity index (χ1n) is 7.73. The van der Waals surface area contributed by atoms with Crippen LogP contribution < -0.4 is 5.56 Å². The van der Waals surface area contributed by atoms with Crippen LogP contribution in [0, 0.1) is 0 Å². The van der Waals surface area contributed by atoms with Crippen LogP contribution in [0.5, 0.6) is 0 Å². The summed E-state index contributed by atoms with van der Waals surface area (Å²) >= 11 is 1.52. The first-order valence-corrected chi connectivity index (χ1v) is 8.50. The third kappa shape index (κ3) is 3.20. The molecule has 0 amide bonds. The molecule has 21 heavy (non-hydrogen) atoms. The molecule has 5 heteroatoms. The average Bonchev–Trinajstić information content (AvgIpc) is 2.84. The van der Waals surface area contributed by atoms with E-state index in [1.165, 1.54) is 43.6 Å². The number of fused-ring (bicyclic) bond motifs is 1. The Balaban J connectivity index is 1.83. The first-order chi connectivity index (χ1) is 10.3. The Hall–Kier alpha value is -1.17. The number of hydrogen-bond acceptors (Lipinski definition) is 4. The number of aliphatic hydroxyl groups is 1. The van der Waals surface area contributed by atoms with E-state index in [0.717, 1.165) is 10.1 Å². The van der Waals surface area contributed by atoms with E-state index < -0.39 is 0 Å². The Kier molecular flexibility index (Phi) is 4.73. The third-order valence-corrected chi connectivity index (χ3v) is 5.40. The predicted octanol–water partition coefficient (Wildman–Crippen LogP) is 2.65. The van der Waals surface area contributed by atoms with E-state index in [2.05, 4.69) is 4.90 Å². The molecule has 1 saturated carbocycles. The molecular formula is C16H22N2O2S. The fraction of sp³-hybridized carbons (Fsp3) is 0.562. The summed E-state index contributed by atoms with van der Waals surface area (Å²) in [6.45, 7) is 1.39. The zero-order valence-corrected chi connectivity index (χ0v) is 13.0. The van der Waals surface area contributed by atoms with Gasteiger partial charge in [-0.1, -0.05) is 42.9 Å². The number of hydrogen-bond donors (Lipinski definition) is 1. The average molecular weight is 306 g/mol. The molecule has 1 aliphatic carbocycles. The van der Waals surface area contributed by atoms with Gasteiger partial charge in [0.2, 0.25) is 0 Å². The minimum atomic E-state index is 0.0920. The molecule has 1 N–H and O–H groups in total. The van der Waals surface area contributed by atoms with E-state index in [4.69, 9.17) is 0 Å². The molecule has 1 heterocycles. The number of benzene rings is 1. The molecule has 2 aromatic rings. The predicted molar refractivity (Wildman–Crippen MR) is 86.7 cm³/mol. The van der Waals surface area contributed by atoms with Crippen LogP contribution in [-0.2, 0) is 6.67 Å². The van der Waals surface area contributed by atoms with Crippen molar-refractivity contribution >= 4 is 21.6 Å². The van der Waals surface area contributed by atoms with Crippen molar-refractivity contribution in [2.45, 2.75) is 44.8 Å². The highest BCUT2D eigenvalue weighted by molar-refractivity contribution is 7.13. The number of aliphatic hydroxyl groups excluding tert-OH is 1. The Labute approximate surface area is 128 Å². The topological polar surface area (TPSA) is 45.5 Å². The summed E-state index contributed by atoms with van der Waals surface area (Å²) in [4.78, 5) is 14.7. The molecule has 114 valence electrons. The highest BCUT2D eigenvalue weighted by atomic mass is 32.1. The van der Waals surface area contributed by atoms with Crippen molar-refractivity contribution in [1.29, 1.82) is 0 Å². The normalized spacial score (nSPS) is 16.9. The summed E-state index contributed by atoms with van der Waals surface area (Å²) in [5.41, 5.74) is 0.0920. The quantitative estimate of drug-likeness (QED) is 0.923. The van der Waals surface area contributed by atoms with Crippen molar-refractivity contribution in [3.05, 3.63) is 34.6 Å². The molecule has 3 rings (SSSR count). The van der Waals surface area contributed by atoms with Gasteiger partial charge in [-0.3, -0.25) is 9.69 Å². The van der Waals surface area contributed by atoms with Gasteiger partial charge in [-0.25, -0.2) is 3.96 Å². The van der Waals surface area contributed by atoms with Crippen LogP contribution in [0.25, 0.3) is 10.1 Å². The Morgan fingerprint density at radius 3 is 2.71 bits per heavy atom. The summed E-state index contributed by atoms with van der Waals surface area (Å²) in [5.74, 6) is 0. The lowest BCUT2D eigenvalue weighted by molar-refractivity contribution is 0.0965. The van der Waals surface area contributed by atoms with Crippen LogP contribution in [0.1, 0.15) is 32.1 Å². The smallest absolute Gasteiger partial charge is 0.269 e. The molecule has 1 fully saturated rings. The van der Waals surface area contributed by atoms with Gasteiger partial charge in [0.05, 0.1) is 23.4 Å². The second-order valence-corrected chi connectivity index (χ2v) is 6.80. The molecule has 0 saturated heterocycles. The lowest BCUT2D eigenvalue weighted by Crippen LogP contribution is -2.41. The second-order valence-electron chi connectivity index (χ2n) is 5.74. The summed E-state index contributed by atoms with van der Waals surface area (Å²) < 4.78 is 2.87. The summed E-state index contributed by atoms with van der Waals surface area (Å²) in [6, 6.07) is 8.27. The largest absolute Gasteiger partial charge is 0.395 e. The van der Waals surface area contributed by atoms with Gasteiger partial charge in [-0.2, -0.15) is 0 Å². The van der Waals surface area contributed by atoms with Crippen LogP contribution in [0.3, 0.4) is 0 Å². The molecule has 0 aliphatic heterocycles. The molecule has 0 spiro atoms.